The molecular formula is C10H7NO5. The van der Waals surface area contributed by atoms with Gasteiger partial charge in [0.1, 0.15) is 12.2 Å². The van der Waals surface area contributed by atoms with E-state index in [0.29, 0.717) is 0 Å². The number of nitrogens with zero attached hydrogens (tertiary/aromatic N) is 1. The molecule has 82 valence electrons. The van der Waals surface area contributed by atoms with E-state index in [1.807, 2.05) is 0 Å². The van der Waals surface area contributed by atoms with Crippen LogP contribution >= 0.6 is 0 Å². The number of benzene rings is 1. The number of rotatable bonds is 4. The van der Waals surface area contributed by atoms with Crippen LogP contribution in [0.2, 0.25) is 0 Å². The van der Waals surface area contributed by atoms with E-state index in [-0.39, 0.29) is 17.9 Å². The minimum Gasteiger partial charge on any atom is -0.478 e. The van der Waals surface area contributed by atoms with Gasteiger partial charge in [0.2, 0.25) is 5.75 Å². The Balaban J connectivity index is 3.30. The van der Waals surface area contributed by atoms with Crippen LogP contribution in [0.25, 0.3) is 0 Å². The summed E-state index contributed by atoms with van der Waals surface area (Å²) in [7, 11) is 0. The maximum atomic E-state index is 10.8. The molecule has 0 atom stereocenters. The molecule has 0 heterocycles. The Kier molecular flexibility index (Phi) is 3.45. The molecule has 1 rings (SSSR count). The number of carboxylic acid groups (broad SMARTS) is 1. The molecule has 16 heavy (non-hydrogen) atoms. The number of nitro benzene ring substituents is 1. The predicted molar refractivity (Wildman–Crippen MR) is 54.4 cm³/mol. The second-order valence-electron chi connectivity index (χ2n) is 2.71. The van der Waals surface area contributed by atoms with Crippen molar-refractivity contribution in [3.8, 4) is 18.1 Å². The Morgan fingerprint density at radius 3 is 2.81 bits per heavy atom. The molecular weight excluding hydrogens is 214 g/mol. The quantitative estimate of drug-likeness (QED) is 0.470. The zero-order valence-corrected chi connectivity index (χ0v) is 8.04. The monoisotopic (exact) mass is 221 g/mol. The fraction of sp³-hybridized carbons (Fsp3) is 0.100. The Morgan fingerprint density at radius 2 is 2.31 bits per heavy atom. The number of hydrogen-bond donors (Lipinski definition) is 1. The molecule has 0 fully saturated rings. The Morgan fingerprint density at radius 1 is 1.62 bits per heavy atom. The number of carbonyl (C=O) groups is 1. The summed E-state index contributed by atoms with van der Waals surface area (Å²) in [6.45, 7) is -0.231. The highest BCUT2D eigenvalue weighted by atomic mass is 16.6. The Labute approximate surface area is 90.6 Å². The van der Waals surface area contributed by atoms with Gasteiger partial charge in [0.15, 0.2) is 0 Å². The molecule has 0 aromatic heterocycles. The fourth-order valence-electron chi connectivity index (χ4n) is 1.10. The van der Waals surface area contributed by atoms with E-state index < -0.39 is 16.6 Å². The van der Waals surface area contributed by atoms with E-state index in [2.05, 4.69) is 5.92 Å². The number of terminal acetylenes is 1. The standard InChI is InChI=1S/C10H7NO5/c1-2-6-16-9-7(10(12)13)4-3-5-8(9)11(14)15/h1,3-5H,6H2,(H,12,13). The largest absolute Gasteiger partial charge is 0.478 e. The molecule has 0 amide bonds. The van der Waals surface area contributed by atoms with E-state index in [0.717, 1.165) is 6.07 Å². The average molecular weight is 221 g/mol. The van der Waals surface area contributed by atoms with Gasteiger partial charge >= 0.3 is 11.7 Å². The molecule has 0 unspecified atom stereocenters. The molecule has 1 N–H and O–H groups in total. The Hall–Kier alpha value is -2.55. The molecule has 0 aliphatic rings. The highest BCUT2D eigenvalue weighted by Crippen LogP contribution is 2.30. The van der Waals surface area contributed by atoms with E-state index in [4.69, 9.17) is 16.3 Å². The number of hydrogen-bond acceptors (Lipinski definition) is 4. The van der Waals surface area contributed by atoms with Crippen LogP contribution in [0.15, 0.2) is 18.2 Å². The van der Waals surface area contributed by atoms with Crippen molar-refractivity contribution in [3.63, 3.8) is 0 Å². The summed E-state index contributed by atoms with van der Waals surface area (Å²) < 4.78 is 4.88. The van der Waals surface area contributed by atoms with Crippen LogP contribution in [-0.2, 0) is 0 Å². The van der Waals surface area contributed by atoms with Gasteiger partial charge in [-0.15, -0.1) is 6.42 Å². The van der Waals surface area contributed by atoms with Crippen molar-refractivity contribution in [1.29, 1.82) is 0 Å². The first-order valence-electron chi connectivity index (χ1n) is 4.15. The lowest BCUT2D eigenvalue weighted by Crippen LogP contribution is -2.06. The molecule has 0 bridgehead atoms. The van der Waals surface area contributed by atoms with Gasteiger partial charge in [-0.1, -0.05) is 12.0 Å². The molecule has 0 aliphatic heterocycles. The summed E-state index contributed by atoms with van der Waals surface area (Å²) in [4.78, 5) is 20.7. The number of para-hydroxylation sites is 1. The van der Waals surface area contributed by atoms with Gasteiger partial charge in [0, 0.05) is 6.07 Å². The number of aromatic carboxylic acids is 1. The first-order valence-corrected chi connectivity index (χ1v) is 4.15. The molecule has 0 aliphatic carbocycles. The highest BCUT2D eigenvalue weighted by molar-refractivity contribution is 5.92. The summed E-state index contributed by atoms with van der Waals surface area (Å²) >= 11 is 0. The van der Waals surface area contributed by atoms with Crippen molar-refractivity contribution >= 4 is 11.7 Å². The van der Waals surface area contributed by atoms with E-state index in [1.54, 1.807) is 0 Å². The van der Waals surface area contributed by atoms with Gasteiger partial charge in [-0.3, -0.25) is 10.1 Å². The smallest absolute Gasteiger partial charge is 0.339 e. The lowest BCUT2D eigenvalue weighted by Gasteiger charge is -2.06. The minimum absolute atomic E-state index is 0.231. The SMILES string of the molecule is C#CCOc1c(C(=O)O)cccc1[N+](=O)[O-]. The van der Waals surface area contributed by atoms with Crippen molar-refractivity contribution < 1.29 is 19.6 Å². The summed E-state index contributed by atoms with van der Waals surface area (Å²) in [5.74, 6) is 0.480. The third-order valence-corrected chi connectivity index (χ3v) is 1.72. The zero-order valence-electron chi connectivity index (χ0n) is 8.04. The van der Waals surface area contributed by atoms with Crippen molar-refractivity contribution in [2.75, 3.05) is 6.61 Å². The third kappa shape index (κ3) is 2.27. The van der Waals surface area contributed by atoms with Crippen molar-refractivity contribution in [2.45, 2.75) is 0 Å². The topological polar surface area (TPSA) is 89.7 Å². The van der Waals surface area contributed by atoms with Crippen LogP contribution in [-0.4, -0.2) is 22.6 Å². The normalized spacial score (nSPS) is 9.19. The molecule has 1 aromatic carbocycles. The van der Waals surface area contributed by atoms with Gasteiger partial charge in [-0.05, 0) is 6.07 Å². The van der Waals surface area contributed by atoms with Crippen LogP contribution < -0.4 is 4.74 Å². The summed E-state index contributed by atoms with van der Waals surface area (Å²) in [6, 6.07) is 3.63. The van der Waals surface area contributed by atoms with Crippen molar-refractivity contribution in [2.24, 2.45) is 0 Å². The van der Waals surface area contributed by atoms with Crippen LogP contribution in [0.3, 0.4) is 0 Å². The zero-order chi connectivity index (χ0) is 12.1. The van der Waals surface area contributed by atoms with E-state index >= 15 is 0 Å². The molecule has 0 radical (unpaired) electrons. The molecule has 0 spiro atoms. The third-order valence-electron chi connectivity index (χ3n) is 1.72. The molecule has 1 aromatic rings. The molecule has 6 nitrogen and oxygen atoms in total. The maximum absolute atomic E-state index is 10.8. The van der Waals surface area contributed by atoms with Gasteiger partial charge in [-0.2, -0.15) is 0 Å². The predicted octanol–water partition coefficient (Wildman–Crippen LogP) is 1.30. The van der Waals surface area contributed by atoms with Crippen LogP contribution in [0.5, 0.6) is 5.75 Å². The second kappa shape index (κ2) is 4.79. The van der Waals surface area contributed by atoms with Gasteiger partial charge in [0.05, 0.1) is 4.92 Å². The summed E-state index contributed by atoms with van der Waals surface area (Å²) in [5.41, 5.74) is -0.709. The minimum atomic E-state index is -1.31. The number of ether oxygens (including phenoxy) is 1. The van der Waals surface area contributed by atoms with Crippen molar-refractivity contribution in [1.82, 2.24) is 0 Å². The van der Waals surface area contributed by atoms with Crippen molar-refractivity contribution in [3.05, 3.63) is 33.9 Å². The van der Waals surface area contributed by atoms with E-state index in [1.165, 1.54) is 12.1 Å². The van der Waals surface area contributed by atoms with Crippen LogP contribution in [0.4, 0.5) is 5.69 Å². The average Bonchev–Trinajstić information content (AvgIpc) is 2.25. The van der Waals surface area contributed by atoms with E-state index in [9.17, 15) is 14.9 Å². The lowest BCUT2D eigenvalue weighted by atomic mass is 10.2. The van der Waals surface area contributed by atoms with Gasteiger partial charge in [0.25, 0.3) is 0 Å². The first-order chi connectivity index (χ1) is 7.57. The van der Waals surface area contributed by atoms with Crippen LogP contribution in [0, 0.1) is 22.5 Å². The number of carboxylic acids is 1. The highest BCUT2D eigenvalue weighted by Gasteiger charge is 2.22. The van der Waals surface area contributed by atoms with Gasteiger partial charge in [-0.25, -0.2) is 4.79 Å². The second-order valence-corrected chi connectivity index (χ2v) is 2.71. The lowest BCUT2D eigenvalue weighted by molar-refractivity contribution is -0.385. The first kappa shape index (κ1) is 11.5. The summed E-state index contributed by atoms with van der Waals surface area (Å²) in [5, 5.41) is 19.5. The maximum Gasteiger partial charge on any atom is 0.339 e. The molecule has 0 saturated carbocycles. The number of nitro groups is 1. The fourth-order valence-corrected chi connectivity index (χ4v) is 1.10. The molecule has 6 heteroatoms. The molecule has 0 saturated heterocycles. The van der Waals surface area contributed by atoms with Gasteiger partial charge < -0.3 is 9.84 Å². The van der Waals surface area contributed by atoms with Crippen LogP contribution in [0.1, 0.15) is 10.4 Å². The Bertz CT molecular complexity index is 442. The summed E-state index contributed by atoms with van der Waals surface area (Å²) in [6.07, 6.45) is 4.94.